The lowest BCUT2D eigenvalue weighted by Crippen LogP contribution is -2.50. The summed E-state index contributed by atoms with van der Waals surface area (Å²) in [7, 11) is 1.52. The third-order valence-electron chi connectivity index (χ3n) is 4.68. The zero-order valence-corrected chi connectivity index (χ0v) is 15.8. The van der Waals surface area contributed by atoms with Crippen molar-refractivity contribution in [3.8, 4) is 5.88 Å². The molecule has 0 bridgehead atoms. The van der Waals surface area contributed by atoms with E-state index >= 15 is 0 Å². The van der Waals surface area contributed by atoms with Gasteiger partial charge in [0.05, 0.1) is 32.1 Å². The zero-order valence-electron chi connectivity index (χ0n) is 15.8. The number of ether oxygens (including phenoxy) is 3. The molecule has 8 heteroatoms. The Balaban J connectivity index is 1.61. The standard InChI is InChI=1S/C20H21N3O5/c1-13-8-16-18(21-19(13)26-2)23(9-15-12-27-15)17(24)10-22(16)20(25)28-11-14-6-4-3-5-7-14/h3-8,15H,9-12H2,1-2H3/t15-/m1/s1. The number of anilines is 2. The Labute approximate surface area is 162 Å². The lowest BCUT2D eigenvalue weighted by Gasteiger charge is -2.34. The van der Waals surface area contributed by atoms with E-state index in [1.165, 1.54) is 12.0 Å². The Kier molecular flexibility index (Phi) is 4.87. The second kappa shape index (κ2) is 7.47. The number of pyridine rings is 1. The summed E-state index contributed by atoms with van der Waals surface area (Å²) in [5.41, 5.74) is 2.16. The zero-order chi connectivity index (χ0) is 19.7. The van der Waals surface area contributed by atoms with Crippen molar-refractivity contribution in [2.75, 3.05) is 36.6 Å². The molecule has 0 saturated carbocycles. The maximum Gasteiger partial charge on any atom is 0.415 e. The minimum Gasteiger partial charge on any atom is -0.481 e. The number of epoxide rings is 1. The molecule has 2 aliphatic heterocycles. The van der Waals surface area contributed by atoms with E-state index in [1.807, 2.05) is 37.3 Å². The highest BCUT2D eigenvalue weighted by Crippen LogP contribution is 2.37. The van der Waals surface area contributed by atoms with Crippen molar-refractivity contribution in [3.05, 3.63) is 47.5 Å². The van der Waals surface area contributed by atoms with Gasteiger partial charge in [-0.1, -0.05) is 30.3 Å². The summed E-state index contributed by atoms with van der Waals surface area (Å²) in [6.07, 6.45) is -0.588. The molecule has 28 heavy (non-hydrogen) atoms. The SMILES string of the molecule is COc1nc2c(cc1C)N(C(=O)OCc1ccccc1)CC(=O)N2C[C@@H]1CO1. The molecule has 2 aromatic rings. The van der Waals surface area contributed by atoms with Crippen LogP contribution in [0, 0.1) is 6.92 Å². The van der Waals surface area contributed by atoms with E-state index in [-0.39, 0.29) is 25.2 Å². The maximum absolute atomic E-state index is 12.7. The Morgan fingerprint density at radius 3 is 2.75 bits per heavy atom. The minimum atomic E-state index is -0.591. The number of hydrogen-bond acceptors (Lipinski definition) is 6. The van der Waals surface area contributed by atoms with Gasteiger partial charge in [0, 0.05) is 5.56 Å². The summed E-state index contributed by atoms with van der Waals surface area (Å²) in [5.74, 6) is 0.552. The van der Waals surface area contributed by atoms with Crippen LogP contribution in [0.4, 0.5) is 16.3 Å². The molecular formula is C20H21N3O5. The number of carbonyl (C=O) groups excluding carboxylic acids is 2. The number of aryl methyl sites for hydroxylation is 1. The number of nitrogens with zero attached hydrogens (tertiary/aromatic N) is 3. The summed E-state index contributed by atoms with van der Waals surface area (Å²) in [6, 6.07) is 11.2. The first-order valence-corrected chi connectivity index (χ1v) is 9.02. The number of carbonyl (C=O) groups is 2. The van der Waals surface area contributed by atoms with Crippen LogP contribution in [0.5, 0.6) is 5.88 Å². The fourth-order valence-electron chi connectivity index (χ4n) is 3.13. The average Bonchev–Trinajstić information content (AvgIpc) is 3.53. The first kappa shape index (κ1) is 18.2. The highest BCUT2D eigenvalue weighted by atomic mass is 16.6. The highest BCUT2D eigenvalue weighted by molar-refractivity contribution is 6.09. The summed E-state index contributed by atoms with van der Waals surface area (Å²) in [6.45, 7) is 2.87. The van der Waals surface area contributed by atoms with Gasteiger partial charge in [-0.05, 0) is 18.6 Å². The first-order valence-electron chi connectivity index (χ1n) is 9.02. The predicted molar refractivity (Wildman–Crippen MR) is 102 cm³/mol. The topological polar surface area (TPSA) is 84.5 Å². The third-order valence-corrected chi connectivity index (χ3v) is 4.68. The van der Waals surface area contributed by atoms with Crippen LogP contribution in [-0.4, -0.2) is 49.9 Å². The third kappa shape index (κ3) is 3.63. The number of benzene rings is 1. The van der Waals surface area contributed by atoms with E-state index in [4.69, 9.17) is 14.2 Å². The van der Waals surface area contributed by atoms with Gasteiger partial charge in [0.2, 0.25) is 11.8 Å². The first-order chi connectivity index (χ1) is 13.6. The Bertz CT molecular complexity index is 898. The normalized spacial score (nSPS) is 17.9. The van der Waals surface area contributed by atoms with Gasteiger partial charge in [0.25, 0.3) is 0 Å². The second-order valence-electron chi connectivity index (χ2n) is 6.74. The van der Waals surface area contributed by atoms with Gasteiger partial charge in [-0.2, -0.15) is 4.98 Å². The fourth-order valence-corrected chi connectivity index (χ4v) is 3.13. The van der Waals surface area contributed by atoms with Gasteiger partial charge in [-0.25, -0.2) is 4.79 Å². The Morgan fingerprint density at radius 2 is 2.07 bits per heavy atom. The van der Waals surface area contributed by atoms with Crippen LogP contribution in [0.3, 0.4) is 0 Å². The molecule has 1 atom stereocenters. The molecule has 3 heterocycles. The minimum absolute atomic E-state index is 0.00230. The van der Waals surface area contributed by atoms with E-state index in [0.29, 0.717) is 30.5 Å². The van der Waals surface area contributed by atoms with E-state index < -0.39 is 6.09 Å². The summed E-state index contributed by atoms with van der Waals surface area (Å²) >= 11 is 0. The summed E-state index contributed by atoms with van der Waals surface area (Å²) in [5, 5.41) is 0. The molecule has 2 amide bonds. The van der Waals surface area contributed by atoms with Crippen molar-refractivity contribution in [1.29, 1.82) is 0 Å². The van der Waals surface area contributed by atoms with Crippen molar-refractivity contribution in [2.45, 2.75) is 19.6 Å². The maximum atomic E-state index is 12.7. The van der Waals surface area contributed by atoms with Crippen molar-refractivity contribution >= 4 is 23.5 Å². The van der Waals surface area contributed by atoms with Crippen molar-refractivity contribution in [2.24, 2.45) is 0 Å². The van der Waals surface area contributed by atoms with Gasteiger partial charge in [-0.3, -0.25) is 14.6 Å². The monoisotopic (exact) mass is 383 g/mol. The molecule has 4 rings (SSSR count). The van der Waals surface area contributed by atoms with Crippen molar-refractivity contribution in [1.82, 2.24) is 4.98 Å². The highest BCUT2D eigenvalue weighted by Gasteiger charge is 2.38. The number of hydrogen-bond donors (Lipinski definition) is 0. The van der Waals surface area contributed by atoms with Crippen molar-refractivity contribution in [3.63, 3.8) is 0 Å². The Hall–Kier alpha value is -3.13. The molecule has 0 unspecified atom stereocenters. The molecule has 0 spiro atoms. The molecule has 146 valence electrons. The number of aromatic nitrogens is 1. The van der Waals surface area contributed by atoms with Gasteiger partial charge >= 0.3 is 6.09 Å². The molecular weight excluding hydrogens is 362 g/mol. The van der Waals surface area contributed by atoms with Crippen molar-refractivity contribution < 1.29 is 23.8 Å². The van der Waals surface area contributed by atoms with Crippen LogP contribution in [-0.2, 0) is 20.9 Å². The molecule has 1 fully saturated rings. The van der Waals surface area contributed by atoms with E-state index in [1.54, 1.807) is 11.0 Å². The molecule has 8 nitrogen and oxygen atoms in total. The van der Waals surface area contributed by atoms with Gasteiger partial charge in [0.1, 0.15) is 13.2 Å². The van der Waals surface area contributed by atoms with Crippen LogP contribution < -0.4 is 14.5 Å². The smallest absolute Gasteiger partial charge is 0.415 e. The molecule has 0 N–H and O–H groups in total. The van der Waals surface area contributed by atoms with Crippen LogP contribution >= 0.6 is 0 Å². The Morgan fingerprint density at radius 1 is 1.32 bits per heavy atom. The van der Waals surface area contributed by atoms with E-state index in [9.17, 15) is 9.59 Å². The molecule has 1 aromatic heterocycles. The van der Waals surface area contributed by atoms with E-state index in [2.05, 4.69) is 4.98 Å². The average molecular weight is 383 g/mol. The van der Waals surface area contributed by atoms with Crippen LogP contribution in [0.25, 0.3) is 0 Å². The second-order valence-corrected chi connectivity index (χ2v) is 6.74. The number of fused-ring (bicyclic) bond motifs is 1. The lowest BCUT2D eigenvalue weighted by atomic mass is 10.2. The van der Waals surface area contributed by atoms with Crippen LogP contribution in [0.1, 0.15) is 11.1 Å². The largest absolute Gasteiger partial charge is 0.481 e. The predicted octanol–water partition coefficient (Wildman–Crippen LogP) is 2.29. The molecule has 1 saturated heterocycles. The van der Waals surface area contributed by atoms with Gasteiger partial charge in [-0.15, -0.1) is 0 Å². The number of methoxy groups -OCH3 is 1. The molecule has 0 radical (unpaired) electrons. The quantitative estimate of drug-likeness (QED) is 0.737. The number of rotatable bonds is 5. The number of amides is 2. The lowest BCUT2D eigenvalue weighted by molar-refractivity contribution is -0.117. The van der Waals surface area contributed by atoms with Gasteiger partial charge < -0.3 is 14.2 Å². The molecule has 2 aliphatic rings. The summed E-state index contributed by atoms with van der Waals surface area (Å²) in [4.78, 5) is 32.8. The molecule has 1 aromatic carbocycles. The van der Waals surface area contributed by atoms with Crippen LogP contribution in [0.15, 0.2) is 36.4 Å². The van der Waals surface area contributed by atoms with Gasteiger partial charge in [0.15, 0.2) is 5.82 Å². The van der Waals surface area contributed by atoms with Crippen LogP contribution in [0.2, 0.25) is 0 Å². The fraction of sp³-hybridized carbons (Fsp3) is 0.350. The molecule has 0 aliphatic carbocycles. The van der Waals surface area contributed by atoms with E-state index in [0.717, 1.165) is 11.1 Å². The summed E-state index contributed by atoms with van der Waals surface area (Å²) < 4.78 is 16.0.